The molecule has 0 radical (unpaired) electrons. The molecule has 2 aromatic rings. The fourth-order valence-electron chi connectivity index (χ4n) is 2.19. The number of rotatable bonds is 7. The number of nitriles is 1. The molecule has 1 aromatic heterocycles. The number of pyridine rings is 1. The van der Waals surface area contributed by atoms with Gasteiger partial charge in [0.1, 0.15) is 5.82 Å². The Morgan fingerprint density at radius 2 is 2.05 bits per heavy atom. The van der Waals surface area contributed by atoms with E-state index in [9.17, 15) is 0 Å². The van der Waals surface area contributed by atoms with E-state index in [2.05, 4.69) is 46.4 Å². The van der Waals surface area contributed by atoms with E-state index in [0.717, 1.165) is 31.1 Å². The average molecular weight is 280 g/mol. The summed E-state index contributed by atoms with van der Waals surface area (Å²) in [6.07, 6.45) is 2.33. The third kappa shape index (κ3) is 4.50. The minimum Gasteiger partial charge on any atom is -0.370 e. The number of para-hydroxylation sites is 1. The van der Waals surface area contributed by atoms with Crippen LogP contribution in [0.2, 0.25) is 0 Å². The first-order valence-electron chi connectivity index (χ1n) is 7.19. The molecule has 0 aliphatic carbocycles. The molecule has 21 heavy (non-hydrogen) atoms. The van der Waals surface area contributed by atoms with E-state index < -0.39 is 0 Å². The fraction of sp³-hybridized carbons (Fsp3) is 0.294. The second kappa shape index (κ2) is 7.91. The van der Waals surface area contributed by atoms with Gasteiger partial charge in [-0.05, 0) is 36.8 Å². The van der Waals surface area contributed by atoms with Crippen LogP contribution in [-0.4, -0.2) is 18.1 Å². The minimum atomic E-state index is 0.514. The molecule has 0 fully saturated rings. The van der Waals surface area contributed by atoms with E-state index in [-0.39, 0.29) is 0 Å². The van der Waals surface area contributed by atoms with Crippen molar-refractivity contribution in [3.8, 4) is 6.07 Å². The zero-order valence-corrected chi connectivity index (χ0v) is 12.3. The van der Waals surface area contributed by atoms with Crippen LogP contribution in [0.25, 0.3) is 0 Å². The Labute approximate surface area is 126 Å². The summed E-state index contributed by atoms with van der Waals surface area (Å²) in [4.78, 5) is 6.51. The third-order valence-electron chi connectivity index (χ3n) is 3.17. The molecule has 0 amide bonds. The van der Waals surface area contributed by atoms with E-state index in [4.69, 9.17) is 5.26 Å². The molecule has 1 aromatic carbocycles. The molecule has 0 saturated heterocycles. The first-order valence-corrected chi connectivity index (χ1v) is 7.19. The highest BCUT2D eigenvalue weighted by Gasteiger charge is 2.07. The molecule has 0 spiro atoms. The standard InChI is InChI=1S/C17H20N4/c1-2-19-17-13-15(9-11-20-17)14-21(12-6-10-18)16-7-4-3-5-8-16/h3-5,7-9,11,13H,2,6,12,14H2,1H3,(H,19,20). The van der Waals surface area contributed by atoms with Crippen LogP contribution in [0.3, 0.4) is 0 Å². The zero-order chi connectivity index (χ0) is 14.9. The second-order valence-electron chi connectivity index (χ2n) is 4.74. The van der Waals surface area contributed by atoms with Crippen LogP contribution in [-0.2, 0) is 6.54 Å². The van der Waals surface area contributed by atoms with Gasteiger partial charge in [-0.2, -0.15) is 5.26 Å². The highest BCUT2D eigenvalue weighted by atomic mass is 15.1. The number of nitrogens with one attached hydrogen (secondary N) is 1. The molecule has 0 bridgehead atoms. The van der Waals surface area contributed by atoms with E-state index in [1.165, 1.54) is 5.56 Å². The van der Waals surface area contributed by atoms with E-state index >= 15 is 0 Å². The molecule has 0 aliphatic heterocycles. The molecule has 0 unspecified atom stereocenters. The van der Waals surface area contributed by atoms with Crippen molar-refractivity contribution in [1.29, 1.82) is 5.26 Å². The van der Waals surface area contributed by atoms with Gasteiger partial charge in [0.15, 0.2) is 0 Å². The van der Waals surface area contributed by atoms with E-state index in [0.29, 0.717) is 6.42 Å². The number of hydrogen-bond donors (Lipinski definition) is 1. The SMILES string of the molecule is CCNc1cc(CN(CCC#N)c2ccccc2)ccn1. The first-order chi connectivity index (χ1) is 10.3. The summed E-state index contributed by atoms with van der Waals surface area (Å²) < 4.78 is 0. The number of benzene rings is 1. The maximum atomic E-state index is 8.85. The van der Waals surface area contributed by atoms with Crippen molar-refractivity contribution in [2.45, 2.75) is 19.9 Å². The Kier molecular flexibility index (Phi) is 5.60. The molecule has 0 saturated carbocycles. The molecule has 0 aliphatic rings. The van der Waals surface area contributed by atoms with Gasteiger partial charge in [0, 0.05) is 31.5 Å². The summed E-state index contributed by atoms with van der Waals surface area (Å²) in [6.45, 7) is 4.40. The lowest BCUT2D eigenvalue weighted by molar-refractivity contribution is 0.797. The summed E-state index contributed by atoms with van der Waals surface area (Å²) in [6, 6.07) is 16.5. The van der Waals surface area contributed by atoms with Crippen molar-refractivity contribution >= 4 is 11.5 Å². The minimum absolute atomic E-state index is 0.514. The van der Waals surface area contributed by atoms with Crippen molar-refractivity contribution in [2.75, 3.05) is 23.3 Å². The van der Waals surface area contributed by atoms with Gasteiger partial charge in [-0.1, -0.05) is 18.2 Å². The lowest BCUT2D eigenvalue weighted by atomic mass is 10.2. The van der Waals surface area contributed by atoms with Gasteiger partial charge in [-0.25, -0.2) is 4.98 Å². The summed E-state index contributed by atoms with van der Waals surface area (Å²) >= 11 is 0. The quantitative estimate of drug-likeness (QED) is 0.844. The van der Waals surface area contributed by atoms with Crippen LogP contribution in [0.5, 0.6) is 0 Å². The molecule has 0 atom stereocenters. The van der Waals surface area contributed by atoms with Crippen LogP contribution in [0.15, 0.2) is 48.7 Å². The van der Waals surface area contributed by atoms with Crippen LogP contribution in [0.1, 0.15) is 18.9 Å². The maximum Gasteiger partial charge on any atom is 0.126 e. The lowest BCUT2D eigenvalue weighted by Gasteiger charge is -2.24. The topological polar surface area (TPSA) is 52.0 Å². The molecule has 4 heteroatoms. The summed E-state index contributed by atoms with van der Waals surface area (Å²) in [5.41, 5.74) is 2.32. The largest absolute Gasteiger partial charge is 0.370 e. The normalized spacial score (nSPS) is 9.90. The van der Waals surface area contributed by atoms with Crippen molar-refractivity contribution in [1.82, 2.24) is 4.98 Å². The molecule has 4 nitrogen and oxygen atoms in total. The van der Waals surface area contributed by atoms with Crippen molar-refractivity contribution in [3.63, 3.8) is 0 Å². The molecule has 1 N–H and O–H groups in total. The highest BCUT2D eigenvalue weighted by molar-refractivity contribution is 5.47. The first kappa shape index (κ1) is 14.9. The van der Waals surface area contributed by atoms with Crippen LogP contribution < -0.4 is 10.2 Å². The fourth-order valence-corrected chi connectivity index (χ4v) is 2.19. The van der Waals surface area contributed by atoms with Crippen LogP contribution in [0, 0.1) is 11.3 Å². The van der Waals surface area contributed by atoms with Crippen LogP contribution in [0.4, 0.5) is 11.5 Å². The second-order valence-corrected chi connectivity index (χ2v) is 4.74. The van der Waals surface area contributed by atoms with Gasteiger partial charge >= 0.3 is 0 Å². The zero-order valence-electron chi connectivity index (χ0n) is 12.3. The van der Waals surface area contributed by atoms with Gasteiger partial charge in [0.05, 0.1) is 12.5 Å². The van der Waals surface area contributed by atoms with Crippen molar-refractivity contribution in [2.24, 2.45) is 0 Å². The van der Waals surface area contributed by atoms with Gasteiger partial charge < -0.3 is 10.2 Å². The van der Waals surface area contributed by atoms with Crippen LogP contribution >= 0.6 is 0 Å². The van der Waals surface area contributed by atoms with Gasteiger partial charge in [-0.3, -0.25) is 0 Å². The lowest BCUT2D eigenvalue weighted by Crippen LogP contribution is -2.23. The Morgan fingerprint density at radius 3 is 2.76 bits per heavy atom. The number of hydrogen-bond acceptors (Lipinski definition) is 4. The molecule has 2 rings (SSSR count). The van der Waals surface area contributed by atoms with E-state index in [1.807, 2.05) is 30.5 Å². The monoisotopic (exact) mass is 280 g/mol. The predicted molar refractivity (Wildman–Crippen MR) is 86.1 cm³/mol. The highest BCUT2D eigenvalue weighted by Crippen LogP contribution is 2.18. The Balaban J connectivity index is 2.15. The molecular weight excluding hydrogens is 260 g/mol. The molecular formula is C17H20N4. The average Bonchev–Trinajstić information content (AvgIpc) is 2.53. The van der Waals surface area contributed by atoms with Gasteiger partial charge in [0.25, 0.3) is 0 Å². The number of anilines is 2. The Bertz CT molecular complexity index is 589. The Hall–Kier alpha value is -2.54. The van der Waals surface area contributed by atoms with Gasteiger partial charge in [-0.15, -0.1) is 0 Å². The van der Waals surface area contributed by atoms with Gasteiger partial charge in [0.2, 0.25) is 0 Å². The maximum absolute atomic E-state index is 8.85. The summed E-state index contributed by atoms with van der Waals surface area (Å²) in [5, 5.41) is 12.1. The molecule has 108 valence electrons. The predicted octanol–water partition coefficient (Wildman–Crippen LogP) is 3.43. The van der Waals surface area contributed by atoms with E-state index in [1.54, 1.807) is 0 Å². The summed E-state index contributed by atoms with van der Waals surface area (Å²) in [7, 11) is 0. The third-order valence-corrected chi connectivity index (χ3v) is 3.17. The number of aromatic nitrogens is 1. The van der Waals surface area contributed by atoms with Crippen molar-refractivity contribution in [3.05, 3.63) is 54.2 Å². The Morgan fingerprint density at radius 1 is 1.24 bits per heavy atom. The van der Waals surface area contributed by atoms with Crippen molar-refractivity contribution < 1.29 is 0 Å². The summed E-state index contributed by atoms with van der Waals surface area (Å²) in [5.74, 6) is 0.892. The number of nitrogens with zero attached hydrogens (tertiary/aromatic N) is 3. The molecule has 1 heterocycles. The smallest absolute Gasteiger partial charge is 0.126 e.